The molecule has 1 aromatic rings. The summed E-state index contributed by atoms with van der Waals surface area (Å²) >= 11 is 0. The minimum atomic E-state index is -0.159. The molecule has 3 rings (SSSR count). The molecule has 16 heavy (non-hydrogen) atoms. The molecule has 0 spiro atoms. The van der Waals surface area contributed by atoms with E-state index in [0.717, 1.165) is 18.7 Å². The fourth-order valence-corrected chi connectivity index (χ4v) is 2.54. The van der Waals surface area contributed by atoms with Gasteiger partial charge in [0.2, 0.25) is 0 Å². The van der Waals surface area contributed by atoms with Crippen LogP contribution < -0.4 is 10.2 Å². The zero-order valence-electron chi connectivity index (χ0n) is 9.03. The van der Waals surface area contributed by atoms with Crippen molar-refractivity contribution in [1.82, 2.24) is 5.32 Å². The minimum absolute atomic E-state index is 0. The molecule has 1 atom stereocenters. The Hall–Kier alpha value is -1.22. The van der Waals surface area contributed by atoms with Gasteiger partial charge in [-0.2, -0.15) is 0 Å². The van der Waals surface area contributed by atoms with Gasteiger partial charge in [-0.25, -0.2) is 4.39 Å². The average molecular weight is 241 g/mol. The van der Waals surface area contributed by atoms with Crippen molar-refractivity contribution in [2.24, 2.45) is 0 Å². The van der Waals surface area contributed by atoms with Crippen LogP contribution in [0.2, 0.25) is 0 Å². The van der Waals surface area contributed by atoms with Crippen molar-refractivity contribution in [2.75, 3.05) is 18.5 Å². The second-order valence-corrected chi connectivity index (χ2v) is 4.13. The number of halogens is 2. The van der Waals surface area contributed by atoms with Crippen LogP contribution in [0.4, 0.5) is 10.1 Å². The molecule has 2 aliphatic heterocycles. The average Bonchev–Trinajstić information content (AvgIpc) is 2.54. The lowest BCUT2D eigenvalue weighted by molar-refractivity contribution is 0.624. The number of allylic oxidation sites excluding steroid dienone is 1. The first-order valence-electron chi connectivity index (χ1n) is 5.24. The molecule has 1 unspecified atom stereocenters. The largest absolute Gasteiger partial charge is 0.389 e. The molecule has 0 aromatic heterocycles. The van der Waals surface area contributed by atoms with Gasteiger partial charge in [-0.05, 0) is 24.1 Å². The van der Waals surface area contributed by atoms with Gasteiger partial charge in [0.1, 0.15) is 5.82 Å². The number of fused-ring (bicyclic) bond motifs is 3. The summed E-state index contributed by atoms with van der Waals surface area (Å²) in [7, 11) is 2.00. The van der Waals surface area contributed by atoms with Crippen LogP contribution in [0.5, 0.6) is 0 Å². The maximum atomic E-state index is 13.2. The number of rotatable bonds is 0. The second kappa shape index (κ2) is 3.98. The van der Waals surface area contributed by atoms with E-state index in [1.54, 1.807) is 12.1 Å². The Labute approximate surface area is 101 Å². The molecular weight excluding hydrogens is 227 g/mol. The lowest BCUT2D eigenvalue weighted by Crippen LogP contribution is -2.24. The van der Waals surface area contributed by atoms with E-state index in [2.05, 4.69) is 10.2 Å². The van der Waals surface area contributed by atoms with Crippen LogP contribution in [0, 0.1) is 5.82 Å². The van der Waals surface area contributed by atoms with Gasteiger partial charge in [-0.3, -0.25) is 0 Å². The standard InChI is InChI=1S/C12H13FN2.ClH/c1-15-11-6-8(13)2-3-9(11)10-4-5-14-7-12(10)15;/h2-3,6-7,10,14H,4-5H2,1H3;1H. The van der Waals surface area contributed by atoms with Gasteiger partial charge >= 0.3 is 0 Å². The van der Waals surface area contributed by atoms with Crippen molar-refractivity contribution in [3.63, 3.8) is 0 Å². The molecule has 1 aromatic carbocycles. The normalized spacial score (nSPS) is 21.5. The number of nitrogens with zero attached hydrogens (tertiary/aromatic N) is 1. The van der Waals surface area contributed by atoms with Crippen LogP contribution in [0.3, 0.4) is 0 Å². The molecule has 2 nitrogen and oxygen atoms in total. The quantitative estimate of drug-likeness (QED) is 0.750. The lowest BCUT2D eigenvalue weighted by atomic mass is 9.94. The zero-order chi connectivity index (χ0) is 10.4. The van der Waals surface area contributed by atoms with E-state index in [-0.39, 0.29) is 18.2 Å². The molecule has 4 heteroatoms. The van der Waals surface area contributed by atoms with E-state index >= 15 is 0 Å². The highest BCUT2D eigenvalue weighted by molar-refractivity contribution is 5.85. The predicted octanol–water partition coefficient (Wildman–Crippen LogP) is 2.62. The SMILES string of the molecule is CN1C2=CNCCC2c2ccc(F)cc21.Cl. The van der Waals surface area contributed by atoms with Crippen LogP contribution >= 0.6 is 12.4 Å². The van der Waals surface area contributed by atoms with E-state index in [4.69, 9.17) is 0 Å². The van der Waals surface area contributed by atoms with E-state index in [1.807, 2.05) is 19.3 Å². The molecule has 0 aliphatic carbocycles. The predicted molar refractivity (Wildman–Crippen MR) is 65.5 cm³/mol. The Morgan fingerprint density at radius 2 is 2.25 bits per heavy atom. The number of hydrogen-bond donors (Lipinski definition) is 1. The number of likely N-dealkylation sites (N-methyl/N-ethyl adjacent to an activating group) is 1. The summed E-state index contributed by atoms with van der Waals surface area (Å²) in [5.41, 5.74) is 3.52. The maximum Gasteiger partial charge on any atom is 0.125 e. The molecule has 0 saturated heterocycles. The van der Waals surface area contributed by atoms with E-state index < -0.39 is 0 Å². The van der Waals surface area contributed by atoms with Gasteiger partial charge in [-0.1, -0.05) is 6.07 Å². The summed E-state index contributed by atoms with van der Waals surface area (Å²) in [6.45, 7) is 0.999. The van der Waals surface area contributed by atoms with Crippen molar-refractivity contribution >= 4 is 18.1 Å². The van der Waals surface area contributed by atoms with Crippen molar-refractivity contribution in [2.45, 2.75) is 12.3 Å². The summed E-state index contributed by atoms with van der Waals surface area (Å²) in [6.07, 6.45) is 3.14. The summed E-state index contributed by atoms with van der Waals surface area (Å²) in [5, 5.41) is 3.24. The molecule has 0 radical (unpaired) electrons. The Kier molecular flexibility index (Phi) is 2.80. The molecule has 86 valence electrons. The first-order valence-corrected chi connectivity index (χ1v) is 5.24. The Balaban J connectivity index is 0.000000963. The van der Waals surface area contributed by atoms with Gasteiger partial charge in [0.15, 0.2) is 0 Å². The summed E-state index contributed by atoms with van der Waals surface area (Å²) in [5.74, 6) is 0.291. The van der Waals surface area contributed by atoms with Crippen LogP contribution in [-0.2, 0) is 0 Å². The topological polar surface area (TPSA) is 15.3 Å². The third-order valence-electron chi connectivity index (χ3n) is 3.30. The van der Waals surface area contributed by atoms with Crippen LogP contribution in [0.15, 0.2) is 30.1 Å². The monoisotopic (exact) mass is 240 g/mol. The molecule has 0 amide bonds. The minimum Gasteiger partial charge on any atom is -0.389 e. The van der Waals surface area contributed by atoms with Gasteiger partial charge < -0.3 is 10.2 Å². The Morgan fingerprint density at radius 1 is 1.44 bits per heavy atom. The van der Waals surface area contributed by atoms with E-state index in [0.29, 0.717) is 5.92 Å². The highest BCUT2D eigenvalue weighted by atomic mass is 35.5. The number of benzene rings is 1. The van der Waals surface area contributed by atoms with Crippen molar-refractivity contribution < 1.29 is 4.39 Å². The second-order valence-electron chi connectivity index (χ2n) is 4.13. The maximum absolute atomic E-state index is 13.2. The lowest BCUT2D eigenvalue weighted by Gasteiger charge is -2.22. The molecule has 0 saturated carbocycles. The number of hydrogen-bond acceptors (Lipinski definition) is 2. The Morgan fingerprint density at radius 3 is 3.06 bits per heavy atom. The molecule has 1 N–H and O–H groups in total. The molecule has 0 fully saturated rings. The Bertz CT molecular complexity index is 445. The number of nitrogens with one attached hydrogen (secondary N) is 1. The van der Waals surface area contributed by atoms with Crippen molar-refractivity contribution in [3.05, 3.63) is 41.5 Å². The third-order valence-corrected chi connectivity index (χ3v) is 3.30. The first-order chi connectivity index (χ1) is 7.27. The van der Waals surface area contributed by atoms with E-state index in [1.165, 1.54) is 11.3 Å². The number of anilines is 1. The summed E-state index contributed by atoms with van der Waals surface area (Å²) in [6, 6.07) is 5.09. The van der Waals surface area contributed by atoms with Crippen LogP contribution in [0.25, 0.3) is 0 Å². The van der Waals surface area contributed by atoms with Gasteiger partial charge in [0.25, 0.3) is 0 Å². The van der Waals surface area contributed by atoms with Crippen LogP contribution in [-0.4, -0.2) is 13.6 Å². The van der Waals surface area contributed by atoms with Crippen molar-refractivity contribution in [1.29, 1.82) is 0 Å². The molecule has 2 aliphatic rings. The van der Waals surface area contributed by atoms with Crippen LogP contribution in [0.1, 0.15) is 17.9 Å². The third kappa shape index (κ3) is 1.47. The molecule has 0 bridgehead atoms. The fourth-order valence-electron chi connectivity index (χ4n) is 2.54. The summed E-state index contributed by atoms with van der Waals surface area (Å²) in [4.78, 5) is 2.08. The van der Waals surface area contributed by atoms with Gasteiger partial charge in [0, 0.05) is 37.1 Å². The van der Waals surface area contributed by atoms with Crippen molar-refractivity contribution in [3.8, 4) is 0 Å². The highest BCUT2D eigenvalue weighted by Gasteiger charge is 2.32. The van der Waals surface area contributed by atoms with Gasteiger partial charge in [0.05, 0.1) is 0 Å². The van der Waals surface area contributed by atoms with E-state index in [9.17, 15) is 4.39 Å². The summed E-state index contributed by atoms with van der Waals surface area (Å²) < 4.78 is 13.2. The molecular formula is C12H14ClFN2. The molecule has 2 heterocycles. The smallest absolute Gasteiger partial charge is 0.125 e. The zero-order valence-corrected chi connectivity index (χ0v) is 9.85. The van der Waals surface area contributed by atoms with Gasteiger partial charge in [-0.15, -0.1) is 12.4 Å². The first kappa shape index (κ1) is 11.3. The highest BCUT2D eigenvalue weighted by Crippen LogP contribution is 2.45. The fraction of sp³-hybridized carbons (Fsp3) is 0.333.